The van der Waals surface area contributed by atoms with E-state index in [1.807, 2.05) is 31.2 Å². The van der Waals surface area contributed by atoms with Gasteiger partial charge in [0.25, 0.3) is 5.91 Å². The maximum absolute atomic E-state index is 13.4. The van der Waals surface area contributed by atoms with E-state index in [1.165, 1.54) is 23.9 Å². The van der Waals surface area contributed by atoms with Gasteiger partial charge in [-0.25, -0.2) is 4.39 Å². The van der Waals surface area contributed by atoms with Gasteiger partial charge in [0.05, 0.1) is 11.3 Å². The van der Waals surface area contributed by atoms with E-state index in [0.29, 0.717) is 5.69 Å². The van der Waals surface area contributed by atoms with Crippen molar-refractivity contribution < 1.29 is 14.0 Å². The highest BCUT2D eigenvalue weighted by molar-refractivity contribution is 8.00. The van der Waals surface area contributed by atoms with Crippen molar-refractivity contribution in [1.29, 1.82) is 0 Å². The van der Waals surface area contributed by atoms with Gasteiger partial charge in [0.1, 0.15) is 5.82 Å². The predicted octanol–water partition coefficient (Wildman–Crippen LogP) is 2.96. The van der Waals surface area contributed by atoms with Gasteiger partial charge in [0, 0.05) is 10.6 Å². The SMILES string of the molecule is Cc1ccccc1SCC(=O)Nc1ccc(F)c(C(N)=O)c1. The van der Waals surface area contributed by atoms with Crippen LogP contribution in [0.5, 0.6) is 0 Å². The van der Waals surface area contributed by atoms with Crippen molar-refractivity contribution in [2.24, 2.45) is 5.73 Å². The van der Waals surface area contributed by atoms with Gasteiger partial charge >= 0.3 is 0 Å². The largest absolute Gasteiger partial charge is 0.366 e. The van der Waals surface area contributed by atoms with E-state index in [9.17, 15) is 14.0 Å². The molecule has 2 aromatic carbocycles. The van der Waals surface area contributed by atoms with Gasteiger partial charge in [-0.2, -0.15) is 0 Å². The molecule has 0 bridgehead atoms. The average Bonchev–Trinajstić information content (AvgIpc) is 2.48. The fraction of sp³-hybridized carbons (Fsp3) is 0.125. The number of halogens is 1. The van der Waals surface area contributed by atoms with Gasteiger partial charge in [0.15, 0.2) is 0 Å². The molecule has 2 aromatic rings. The van der Waals surface area contributed by atoms with Crippen molar-refractivity contribution in [1.82, 2.24) is 0 Å². The van der Waals surface area contributed by atoms with Gasteiger partial charge < -0.3 is 11.1 Å². The molecule has 2 amide bonds. The van der Waals surface area contributed by atoms with Crippen LogP contribution < -0.4 is 11.1 Å². The average molecular weight is 318 g/mol. The molecule has 0 saturated carbocycles. The number of amides is 2. The number of rotatable bonds is 5. The molecule has 4 nitrogen and oxygen atoms in total. The molecule has 0 aliphatic heterocycles. The minimum atomic E-state index is -0.872. The zero-order chi connectivity index (χ0) is 16.1. The van der Waals surface area contributed by atoms with E-state index < -0.39 is 11.7 Å². The Bertz CT molecular complexity index is 719. The number of aryl methyl sites for hydroxylation is 1. The van der Waals surface area contributed by atoms with Crippen molar-refractivity contribution in [3.05, 3.63) is 59.4 Å². The van der Waals surface area contributed by atoms with Crippen LogP contribution in [0, 0.1) is 12.7 Å². The lowest BCUT2D eigenvalue weighted by Crippen LogP contribution is -2.17. The van der Waals surface area contributed by atoms with Crippen LogP contribution in [-0.4, -0.2) is 17.6 Å². The number of carbonyl (C=O) groups is 2. The molecule has 22 heavy (non-hydrogen) atoms. The number of carbonyl (C=O) groups excluding carboxylic acids is 2. The monoisotopic (exact) mass is 318 g/mol. The van der Waals surface area contributed by atoms with Gasteiger partial charge in [0.2, 0.25) is 5.91 Å². The van der Waals surface area contributed by atoms with Crippen molar-refractivity contribution in [3.63, 3.8) is 0 Å². The zero-order valence-corrected chi connectivity index (χ0v) is 12.7. The molecule has 0 saturated heterocycles. The molecule has 0 radical (unpaired) electrons. The van der Waals surface area contributed by atoms with Crippen molar-refractivity contribution in [2.75, 3.05) is 11.1 Å². The lowest BCUT2D eigenvalue weighted by Gasteiger charge is -2.08. The third-order valence-corrected chi connectivity index (χ3v) is 4.14. The number of hydrogen-bond acceptors (Lipinski definition) is 3. The fourth-order valence-corrected chi connectivity index (χ4v) is 2.68. The van der Waals surface area contributed by atoms with Crippen LogP contribution >= 0.6 is 11.8 Å². The van der Waals surface area contributed by atoms with E-state index in [4.69, 9.17) is 5.73 Å². The van der Waals surface area contributed by atoms with Crippen molar-refractivity contribution in [3.8, 4) is 0 Å². The Kier molecular flexibility index (Phi) is 5.16. The standard InChI is InChI=1S/C16H15FN2O2S/c1-10-4-2-3-5-14(10)22-9-15(20)19-11-6-7-13(17)12(8-11)16(18)21/h2-8H,9H2,1H3,(H2,18,21)(H,19,20). The molecule has 0 atom stereocenters. The number of thioether (sulfide) groups is 1. The Morgan fingerprint density at radius 2 is 1.95 bits per heavy atom. The Hall–Kier alpha value is -2.34. The number of nitrogens with one attached hydrogen (secondary N) is 1. The third-order valence-electron chi connectivity index (χ3n) is 2.97. The van der Waals surface area contributed by atoms with Crippen molar-refractivity contribution in [2.45, 2.75) is 11.8 Å². The molecule has 6 heteroatoms. The van der Waals surface area contributed by atoms with Crippen LogP contribution in [0.1, 0.15) is 15.9 Å². The summed E-state index contributed by atoms with van der Waals surface area (Å²) in [4.78, 5) is 24.0. The van der Waals surface area contributed by atoms with Gasteiger partial charge in [-0.3, -0.25) is 9.59 Å². The Morgan fingerprint density at radius 1 is 1.23 bits per heavy atom. The maximum atomic E-state index is 13.4. The van der Waals surface area contributed by atoms with Gasteiger partial charge in [-0.05, 0) is 36.8 Å². The summed E-state index contributed by atoms with van der Waals surface area (Å²) in [6.45, 7) is 1.97. The van der Waals surface area contributed by atoms with Crippen LogP contribution in [-0.2, 0) is 4.79 Å². The first-order valence-electron chi connectivity index (χ1n) is 6.55. The first-order valence-corrected chi connectivity index (χ1v) is 7.53. The minimum Gasteiger partial charge on any atom is -0.366 e. The summed E-state index contributed by atoms with van der Waals surface area (Å²) in [5.74, 6) is -1.60. The highest BCUT2D eigenvalue weighted by atomic mass is 32.2. The summed E-state index contributed by atoms with van der Waals surface area (Å²) < 4.78 is 13.4. The summed E-state index contributed by atoms with van der Waals surface area (Å²) in [7, 11) is 0. The molecule has 114 valence electrons. The molecule has 0 spiro atoms. The van der Waals surface area contributed by atoms with Crippen LogP contribution in [0.25, 0.3) is 0 Å². The molecule has 3 N–H and O–H groups in total. The topological polar surface area (TPSA) is 72.2 Å². The molecular weight excluding hydrogens is 303 g/mol. The van der Waals surface area contributed by atoms with Crippen LogP contribution in [0.2, 0.25) is 0 Å². The van der Waals surface area contributed by atoms with E-state index in [2.05, 4.69) is 5.32 Å². The van der Waals surface area contributed by atoms with E-state index in [1.54, 1.807) is 0 Å². The summed E-state index contributed by atoms with van der Waals surface area (Å²) in [5.41, 5.74) is 6.26. The molecule has 2 rings (SSSR count). The minimum absolute atomic E-state index is 0.216. The number of hydrogen-bond donors (Lipinski definition) is 2. The second-order valence-corrected chi connectivity index (χ2v) is 5.68. The van der Waals surface area contributed by atoms with Gasteiger partial charge in [-0.15, -0.1) is 11.8 Å². The second kappa shape index (κ2) is 7.09. The normalized spacial score (nSPS) is 10.3. The lowest BCUT2D eigenvalue weighted by atomic mass is 10.2. The molecule has 0 aliphatic carbocycles. The van der Waals surface area contributed by atoms with E-state index >= 15 is 0 Å². The second-order valence-electron chi connectivity index (χ2n) is 4.66. The first kappa shape index (κ1) is 16.0. The Morgan fingerprint density at radius 3 is 2.64 bits per heavy atom. The number of anilines is 1. The maximum Gasteiger partial charge on any atom is 0.251 e. The zero-order valence-electron chi connectivity index (χ0n) is 11.9. The number of primary amides is 1. The van der Waals surface area contributed by atoms with E-state index in [0.717, 1.165) is 16.5 Å². The molecule has 0 aromatic heterocycles. The highest BCUT2D eigenvalue weighted by Crippen LogP contribution is 2.22. The lowest BCUT2D eigenvalue weighted by molar-refractivity contribution is -0.113. The molecule has 0 aliphatic rings. The summed E-state index contributed by atoms with van der Waals surface area (Å²) >= 11 is 1.41. The highest BCUT2D eigenvalue weighted by Gasteiger charge is 2.11. The third kappa shape index (κ3) is 4.08. The first-order chi connectivity index (χ1) is 10.5. The van der Waals surface area contributed by atoms with Crippen LogP contribution in [0.4, 0.5) is 10.1 Å². The van der Waals surface area contributed by atoms with Crippen LogP contribution in [0.15, 0.2) is 47.4 Å². The Labute approximate surface area is 131 Å². The molecule has 0 unspecified atom stereocenters. The molecule has 0 fully saturated rings. The number of benzene rings is 2. The summed E-state index contributed by atoms with van der Waals surface area (Å²) in [5, 5.41) is 2.62. The van der Waals surface area contributed by atoms with Gasteiger partial charge in [-0.1, -0.05) is 18.2 Å². The quantitative estimate of drug-likeness (QED) is 0.833. The summed E-state index contributed by atoms with van der Waals surface area (Å²) in [6, 6.07) is 11.5. The number of nitrogens with two attached hydrogens (primary N) is 1. The van der Waals surface area contributed by atoms with Crippen LogP contribution in [0.3, 0.4) is 0 Å². The molecule has 0 heterocycles. The Balaban J connectivity index is 1.99. The summed E-state index contributed by atoms with van der Waals surface area (Å²) in [6.07, 6.45) is 0. The van der Waals surface area contributed by atoms with E-state index in [-0.39, 0.29) is 17.2 Å². The fourth-order valence-electron chi connectivity index (χ4n) is 1.85. The molecular formula is C16H15FN2O2S. The smallest absolute Gasteiger partial charge is 0.251 e. The van der Waals surface area contributed by atoms with Crippen molar-refractivity contribution >= 4 is 29.3 Å². The predicted molar refractivity (Wildman–Crippen MR) is 85.5 cm³/mol.